The monoisotopic (exact) mass is 279 g/mol. The summed E-state index contributed by atoms with van der Waals surface area (Å²) in [6, 6.07) is 2.04. The number of aliphatic carboxylic acids is 1. The third kappa shape index (κ3) is 11.1. The first-order valence-corrected chi connectivity index (χ1v) is 6.66. The second kappa shape index (κ2) is 9.86. The zero-order chi connectivity index (χ0) is 15.4. The van der Waals surface area contributed by atoms with Gasteiger partial charge in [-0.2, -0.15) is 5.26 Å². The van der Waals surface area contributed by atoms with Crippen molar-refractivity contribution in [1.82, 2.24) is 0 Å². The number of carbonyl (C=O) groups excluding carboxylic acids is 1. The Morgan fingerprint density at radius 3 is 2.30 bits per heavy atom. The maximum Gasteiger partial charge on any atom is 0.306 e. The van der Waals surface area contributed by atoms with Gasteiger partial charge >= 0.3 is 11.9 Å². The number of carboxylic acids is 1. The predicted molar refractivity (Wildman–Crippen MR) is 73.5 cm³/mol. The summed E-state index contributed by atoms with van der Waals surface area (Å²) in [6.45, 7) is 3.39. The fraction of sp³-hybridized carbons (Fsp3) is 0.667. The number of nitrogens with zero attached hydrogens (tertiary/aromatic N) is 1. The van der Waals surface area contributed by atoms with E-state index in [9.17, 15) is 9.59 Å². The molecular weight excluding hydrogens is 258 g/mol. The largest absolute Gasteiger partial charge is 0.481 e. The highest BCUT2D eigenvalue weighted by atomic mass is 16.5. The Morgan fingerprint density at radius 2 is 1.75 bits per heavy atom. The molecule has 0 fully saturated rings. The van der Waals surface area contributed by atoms with E-state index in [2.05, 4.69) is 11.8 Å². The van der Waals surface area contributed by atoms with Crippen molar-refractivity contribution in [2.24, 2.45) is 5.41 Å². The summed E-state index contributed by atoms with van der Waals surface area (Å²) in [5.41, 5.74) is -0.726. The molecule has 0 atom stereocenters. The number of nitriles is 1. The smallest absolute Gasteiger partial charge is 0.306 e. The predicted octanol–water partition coefficient (Wildman–Crippen LogP) is 2.51. The molecule has 0 saturated carbocycles. The molecule has 20 heavy (non-hydrogen) atoms. The van der Waals surface area contributed by atoms with Crippen molar-refractivity contribution >= 4 is 11.9 Å². The maximum absolute atomic E-state index is 11.3. The summed E-state index contributed by atoms with van der Waals surface area (Å²) in [5.74, 6) is 4.26. The number of hydrogen-bond acceptors (Lipinski definition) is 4. The van der Waals surface area contributed by atoms with Gasteiger partial charge in [0.2, 0.25) is 0 Å². The van der Waals surface area contributed by atoms with Gasteiger partial charge in [0, 0.05) is 12.8 Å². The summed E-state index contributed by atoms with van der Waals surface area (Å²) >= 11 is 0. The van der Waals surface area contributed by atoms with E-state index >= 15 is 0 Å². The van der Waals surface area contributed by atoms with Crippen LogP contribution in [-0.4, -0.2) is 23.7 Å². The molecule has 0 aliphatic rings. The molecule has 0 rings (SSSR count). The highest BCUT2D eigenvalue weighted by Crippen LogP contribution is 2.10. The van der Waals surface area contributed by atoms with Crippen LogP contribution >= 0.6 is 0 Å². The molecule has 0 radical (unpaired) electrons. The fourth-order valence-corrected chi connectivity index (χ4v) is 1.37. The summed E-state index contributed by atoms with van der Waals surface area (Å²) in [4.78, 5) is 21.6. The molecule has 0 aromatic carbocycles. The maximum atomic E-state index is 11.3. The van der Waals surface area contributed by atoms with Gasteiger partial charge in [-0.25, -0.2) is 0 Å². The third-order valence-corrected chi connectivity index (χ3v) is 2.51. The van der Waals surface area contributed by atoms with Crippen LogP contribution in [0.25, 0.3) is 0 Å². The van der Waals surface area contributed by atoms with Crippen LogP contribution in [-0.2, 0) is 14.3 Å². The molecule has 0 saturated heterocycles. The first kappa shape index (κ1) is 18.0. The zero-order valence-corrected chi connectivity index (χ0v) is 12.1. The Kier molecular flexibility index (Phi) is 8.87. The van der Waals surface area contributed by atoms with E-state index in [-0.39, 0.29) is 19.0 Å². The Labute approximate surface area is 119 Å². The molecule has 1 N–H and O–H groups in total. The molecule has 0 unspecified atom stereocenters. The quantitative estimate of drug-likeness (QED) is 0.419. The molecule has 110 valence electrons. The van der Waals surface area contributed by atoms with Gasteiger partial charge < -0.3 is 9.84 Å². The highest BCUT2D eigenvalue weighted by molar-refractivity contribution is 5.69. The van der Waals surface area contributed by atoms with Crippen LogP contribution in [0.2, 0.25) is 0 Å². The number of rotatable bonds is 8. The second-order valence-electron chi connectivity index (χ2n) is 5.01. The zero-order valence-electron chi connectivity index (χ0n) is 12.1. The number of carbonyl (C=O) groups is 2. The van der Waals surface area contributed by atoms with E-state index in [1.54, 1.807) is 13.8 Å². The van der Waals surface area contributed by atoms with Crippen LogP contribution in [0.3, 0.4) is 0 Å². The van der Waals surface area contributed by atoms with Gasteiger partial charge in [0.25, 0.3) is 0 Å². The molecule has 0 bridgehead atoms. The van der Waals surface area contributed by atoms with Gasteiger partial charge in [-0.3, -0.25) is 9.59 Å². The summed E-state index contributed by atoms with van der Waals surface area (Å²) < 4.78 is 4.91. The van der Waals surface area contributed by atoms with Crippen molar-refractivity contribution in [1.29, 1.82) is 5.26 Å². The Morgan fingerprint density at radius 1 is 1.15 bits per heavy atom. The normalized spacial score (nSPS) is 10.1. The van der Waals surface area contributed by atoms with Crippen LogP contribution in [0, 0.1) is 28.6 Å². The molecular formula is C15H21NO4. The fourth-order valence-electron chi connectivity index (χ4n) is 1.37. The number of hydrogen-bond donors (Lipinski definition) is 1. The topological polar surface area (TPSA) is 87.4 Å². The van der Waals surface area contributed by atoms with Crippen LogP contribution in [0.15, 0.2) is 0 Å². The Balaban J connectivity index is 3.61. The van der Waals surface area contributed by atoms with E-state index in [1.165, 1.54) is 0 Å². The first-order valence-electron chi connectivity index (χ1n) is 6.66. The van der Waals surface area contributed by atoms with Crippen molar-refractivity contribution < 1.29 is 19.4 Å². The molecule has 0 aromatic heterocycles. The van der Waals surface area contributed by atoms with Crippen molar-refractivity contribution in [2.45, 2.75) is 52.4 Å². The van der Waals surface area contributed by atoms with Gasteiger partial charge in [0.05, 0.1) is 6.07 Å². The van der Waals surface area contributed by atoms with Crippen LogP contribution in [0.5, 0.6) is 0 Å². The Bertz CT molecular complexity index is 423. The second-order valence-corrected chi connectivity index (χ2v) is 5.01. The van der Waals surface area contributed by atoms with Crippen molar-refractivity contribution in [3.8, 4) is 17.9 Å². The van der Waals surface area contributed by atoms with E-state index in [1.807, 2.05) is 6.07 Å². The van der Waals surface area contributed by atoms with E-state index < -0.39 is 11.4 Å². The number of esters is 1. The average Bonchev–Trinajstić information content (AvgIpc) is 2.38. The van der Waals surface area contributed by atoms with Crippen LogP contribution in [0.4, 0.5) is 0 Å². The number of unbranched alkanes of at least 4 members (excludes halogenated alkanes) is 3. The summed E-state index contributed by atoms with van der Waals surface area (Å²) in [6.07, 6.45) is 3.44. The summed E-state index contributed by atoms with van der Waals surface area (Å²) in [7, 11) is 0. The lowest BCUT2D eigenvalue weighted by molar-refractivity contribution is -0.142. The van der Waals surface area contributed by atoms with Gasteiger partial charge in [-0.15, -0.1) is 0 Å². The molecule has 0 spiro atoms. The Hall–Kier alpha value is -2.01. The number of carboxylic acid groups (broad SMARTS) is 1. The van der Waals surface area contributed by atoms with E-state index in [0.717, 1.165) is 12.8 Å². The molecule has 0 amide bonds. The first-order chi connectivity index (χ1) is 9.37. The van der Waals surface area contributed by atoms with Gasteiger partial charge in [0.1, 0.15) is 5.41 Å². The lowest BCUT2D eigenvalue weighted by Gasteiger charge is -2.04. The van der Waals surface area contributed by atoms with Gasteiger partial charge in [-0.05, 0) is 26.7 Å². The van der Waals surface area contributed by atoms with Gasteiger partial charge in [0.15, 0.2) is 6.61 Å². The molecule has 0 aliphatic heterocycles. The van der Waals surface area contributed by atoms with Crippen LogP contribution in [0.1, 0.15) is 52.4 Å². The molecule has 5 heteroatoms. The van der Waals surface area contributed by atoms with Crippen molar-refractivity contribution in [3.63, 3.8) is 0 Å². The van der Waals surface area contributed by atoms with Crippen molar-refractivity contribution in [2.75, 3.05) is 6.61 Å². The van der Waals surface area contributed by atoms with Crippen LogP contribution < -0.4 is 0 Å². The SMILES string of the molecule is CC(C)(C#N)C#CCOC(=O)CCCCCCC(=O)O. The third-order valence-electron chi connectivity index (χ3n) is 2.51. The highest BCUT2D eigenvalue weighted by Gasteiger charge is 2.11. The molecule has 0 aliphatic carbocycles. The minimum atomic E-state index is -0.789. The average molecular weight is 279 g/mol. The van der Waals surface area contributed by atoms with Crippen molar-refractivity contribution in [3.05, 3.63) is 0 Å². The van der Waals surface area contributed by atoms with Gasteiger partial charge in [-0.1, -0.05) is 24.7 Å². The summed E-state index contributed by atoms with van der Waals surface area (Å²) in [5, 5.41) is 17.2. The lowest BCUT2D eigenvalue weighted by Crippen LogP contribution is -2.06. The lowest BCUT2D eigenvalue weighted by atomic mass is 9.97. The minimum Gasteiger partial charge on any atom is -0.481 e. The molecule has 0 heterocycles. The van der Waals surface area contributed by atoms with E-state index in [0.29, 0.717) is 19.3 Å². The molecule has 5 nitrogen and oxygen atoms in total. The minimum absolute atomic E-state index is 0.00293. The standard InChI is InChI=1S/C15H21NO4/c1-15(2,12-16)10-7-11-20-14(19)9-6-4-3-5-8-13(17)18/h3-6,8-9,11H2,1-2H3,(H,17,18). The molecule has 0 aromatic rings. The number of ether oxygens (including phenoxy) is 1. The van der Waals surface area contributed by atoms with E-state index in [4.69, 9.17) is 15.1 Å².